The van der Waals surface area contributed by atoms with Crippen molar-refractivity contribution in [1.29, 1.82) is 0 Å². The Morgan fingerprint density at radius 1 is 1.12 bits per heavy atom. The van der Waals surface area contributed by atoms with Gasteiger partial charge in [-0.3, -0.25) is 0 Å². The van der Waals surface area contributed by atoms with E-state index in [-0.39, 0.29) is 6.04 Å². The molecular weight excluding hydrogens is 214 g/mol. The van der Waals surface area contributed by atoms with Crippen LogP contribution in [0.5, 0.6) is 0 Å². The summed E-state index contributed by atoms with van der Waals surface area (Å²) in [6, 6.07) is 0.249. The summed E-state index contributed by atoms with van der Waals surface area (Å²) >= 11 is 0. The second-order valence-electron chi connectivity index (χ2n) is 4.38. The zero-order chi connectivity index (χ0) is 12.8. The smallest absolute Gasteiger partial charge is 0.243 e. The van der Waals surface area contributed by atoms with Crippen LogP contribution in [0.4, 0.5) is 5.95 Å². The minimum Gasteiger partial charge on any atom is -0.350 e. The third-order valence-electron chi connectivity index (χ3n) is 3.09. The second-order valence-corrected chi connectivity index (χ2v) is 4.38. The van der Waals surface area contributed by atoms with Gasteiger partial charge in [0.05, 0.1) is 11.4 Å². The molecule has 0 amide bonds. The van der Waals surface area contributed by atoms with Gasteiger partial charge in [0.2, 0.25) is 5.95 Å². The molecule has 96 valence electrons. The maximum atomic E-state index is 5.63. The number of nitrogens with one attached hydrogen (secondary N) is 1. The fourth-order valence-corrected chi connectivity index (χ4v) is 1.55. The van der Waals surface area contributed by atoms with E-state index < -0.39 is 0 Å². The summed E-state index contributed by atoms with van der Waals surface area (Å²) in [7, 11) is 0. The van der Waals surface area contributed by atoms with Crippen LogP contribution in [0.3, 0.4) is 0 Å². The molecule has 0 radical (unpaired) electrons. The molecule has 2 atom stereocenters. The van der Waals surface area contributed by atoms with Gasteiger partial charge < -0.3 is 11.1 Å². The fraction of sp³-hybridized carbons (Fsp3) is 0.750. The number of aromatic nitrogens is 3. The van der Waals surface area contributed by atoms with Crippen molar-refractivity contribution < 1.29 is 0 Å². The summed E-state index contributed by atoms with van der Waals surface area (Å²) in [5, 5.41) is 11.6. The third-order valence-corrected chi connectivity index (χ3v) is 3.09. The lowest BCUT2D eigenvalue weighted by Gasteiger charge is -2.19. The lowest BCUT2D eigenvalue weighted by atomic mass is 10.0. The molecule has 0 fully saturated rings. The maximum absolute atomic E-state index is 5.63. The summed E-state index contributed by atoms with van der Waals surface area (Å²) < 4.78 is 0. The lowest BCUT2D eigenvalue weighted by molar-refractivity contribution is 0.517. The van der Waals surface area contributed by atoms with Gasteiger partial charge in [-0.05, 0) is 32.2 Å². The molecule has 0 aliphatic carbocycles. The highest BCUT2D eigenvalue weighted by atomic mass is 15.2. The molecule has 1 heterocycles. The van der Waals surface area contributed by atoms with Crippen molar-refractivity contribution in [3.8, 4) is 0 Å². The van der Waals surface area contributed by atoms with Crippen LogP contribution in [0.2, 0.25) is 0 Å². The average Bonchev–Trinajstić information content (AvgIpc) is 2.37. The number of nitrogens with zero attached hydrogens (tertiary/aromatic N) is 3. The Morgan fingerprint density at radius 3 is 2.29 bits per heavy atom. The molecule has 2 unspecified atom stereocenters. The Kier molecular flexibility index (Phi) is 5.28. The molecule has 1 rings (SSSR count). The van der Waals surface area contributed by atoms with Crippen LogP contribution >= 0.6 is 0 Å². The number of aryl methyl sites for hydroxylation is 2. The van der Waals surface area contributed by atoms with E-state index in [4.69, 9.17) is 5.73 Å². The van der Waals surface area contributed by atoms with E-state index in [1.165, 1.54) is 0 Å². The minimum atomic E-state index is 0.249. The largest absolute Gasteiger partial charge is 0.350 e. The van der Waals surface area contributed by atoms with Crippen LogP contribution in [0, 0.1) is 5.92 Å². The van der Waals surface area contributed by atoms with E-state index in [1.54, 1.807) is 0 Å². The molecule has 0 aliphatic rings. The van der Waals surface area contributed by atoms with Crippen LogP contribution in [-0.4, -0.2) is 27.8 Å². The number of hydrogen-bond acceptors (Lipinski definition) is 5. The Morgan fingerprint density at radius 2 is 1.76 bits per heavy atom. The first-order valence-corrected chi connectivity index (χ1v) is 6.31. The summed E-state index contributed by atoms with van der Waals surface area (Å²) in [6.07, 6.45) is 1.76. The van der Waals surface area contributed by atoms with Crippen LogP contribution in [-0.2, 0) is 12.8 Å². The minimum absolute atomic E-state index is 0.249. The molecule has 0 saturated heterocycles. The molecule has 17 heavy (non-hydrogen) atoms. The molecule has 3 N–H and O–H groups in total. The highest BCUT2D eigenvalue weighted by molar-refractivity contribution is 5.27. The number of nitrogens with two attached hydrogens (primary N) is 1. The standard InChI is InChI=1S/C12H23N5/c1-5-10-11(6-2)16-17-12(15-10)14-9(4)8(3)7-13/h8-9H,5-7,13H2,1-4H3,(H,14,15,17). The molecule has 0 spiro atoms. The van der Waals surface area contributed by atoms with Gasteiger partial charge in [-0.1, -0.05) is 20.8 Å². The number of anilines is 1. The number of rotatable bonds is 6. The van der Waals surface area contributed by atoms with E-state index in [9.17, 15) is 0 Å². The SMILES string of the molecule is CCc1nnc(NC(C)C(C)CN)nc1CC. The monoisotopic (exact) mass is 237 g/mol. The molecular formula is C12H23N5. The van der Waals surface area contributed by atoms with E-state index in [2.05, 4.69) is 48.2 Å². The Bertz CT molecular complexity index is 353. The molecule has 5 nitrogen and oxygen atoms in total. The van der Waals surface area contributed by atoms with Crippen molar-refractivity contribution in [2.24, 2.45) is 11.7 Å². The van der Waals surface area contributed by atoms with Crippen LogP contribution in [0.25, 0.3) is 0 Å². The molecule has 0 aromatic carbocycles. The van der Waals surface area contributed by atoms with Crippen LogP contribution < -0.4 is 11.1 Å². The first-order chi connectivity index (χ1) is 8.12. The summed E-state index contributed by atoms with van der Waals surface area (Å²) in [5.74, 6) is 0.987. The van der Waals surface area contributed by atoms with Crippen molar-refractivity contribution in [1.82, 2.24) is 15.2 Å². The first kappa shape index (κ1) is 13.8. The van der Waals surface area contributed by atoms with Gasteiger partial charge in [-0.2, -0.15) is 5.10 Å². The topological polar surface area (TPSA) is 76.7 Å². The molecule has 1 aromatic heterocycles. The van der Waals surface area contributed by atoms with Gasteiger partial charge in [0, 0.05) is 6.04 Å². The van der Waals surface area contributed by atoms with Crippen molar-refractivity contribution in [2.75, 3.05) is 11.9 Å². The fourth-order valence-electron chi connectivity index (χ4n) is 1.55. The predicted molar refractivity (Wildman–Crippen MR) is 69.9 cm³/mol. The van der Waals surface area contributed by atoms with Gasteiger partial charge in [-0.15, -0.1) is 5.10 Å². The normalized spacial score (nSPS) is 14.4. The third kappa shape index (κ3) is 3.63. The quantitative estimate of drug-likeness (QED) is 0.782. The van der Waals surface area contributed by atoms with Crippen LogP contribution in [0.15, 0.2) is 0 Å². The molecule has 0 aliphatic heterocycles. The predicted octanol–water partition coefficient (Wildman–Crippen LogP) is 1.39. The van der Waals surface area contributed by atoms with E-state index in [0.717, 1.165) is 24.2 Å². The van der Waals surface area contributed by atoms with Gasteiger partial charge in [0.25, 0.3) is 0 Å². The van der Waals surface area contributed by atoms with Crippen molar-refractivity contribution in [3.63, 3.8) is 0 Å². The maximum Gasteiger partial charge on any atom is 0.243 e. The molecule has 1 aromatic rings. The van der Waals surface area contributed by atoms with E-state index in [1.807, 2.05) is 0 Å². The van der Waals surface area contributed by atoms with Gasteiger partial charge in [0.15, 0.2) is 0 Å². The zero-order valence-electron chi connectivity index (χ0n) is 11.2. The Labute approximate surface area is 103 Å². The lowest BCUT2D eigenvalue weighted by Crippen LogP contribution is -2.30. The summed E-state index contributed by atoms with van der Waals surface area (Å²) in [5.41, 5.74) is 7.64. The van der Waals surface area contributed by atoms with E-state index >= 15 is 0 Å². The Hall–Kier alpha value is -1.23. The highest BCUT2D eigenvalue weighted by Crippen LogP contribution is 2.10. The Balaban J connectivity index is 2.78. The first-order valence-electron chi connectivity index (χ1n) is 6.31. The van der Waals surface area contributed by atoms with Gasteiger partial charge in [0.1, 0.15) is 0 Å². The summed E-state index contributed by atoms with van der Waals surface area (Å²) in [6.45, 7) is 8.98. The summed E-state index contributed by atoms with van der Waals surface area (Å²) in [4.78, 5) is 4.49. The van der Waals surface area contributed by atoms with Gasteiger partial charge in [-0.25, -0.2) is 4.98 Å². The van der Waals surface area contributed by atoms with Crippen molar-refractivity contribution in [3.05, 3.63) is 11.4 Å². The molecule has 0 bridgehead atoms. The molecule has 5 heteroatoms. The molecule has 0 saturated carbocycles. The van der Waals surface area contributed by atoms with E-state index in [0.29, 0.717) is 18.4 Å². The van der Waals surface area contributed by atoms with Crippen molar-refractivity contribution in [2.45, 2.75) is 46.6 Å². The zero-order valence-corrected chi connectivity index (χ0v) is 11.2. The van der Waals surface area contributed by atoms with Crippen LogP contribution in [0.1, 0.15) is 39.1 Å². The number of hydrogen-bond donors (Lipinski definition) is 2. The average molecular weight is 237 g/mol. The highest BCUT2D eigenvalue weighted by Gasteiger charge is 2.13. The van der Waals surface area contributed by atoms with Gasteiger partial charge >= 0.3 is 0 Å². The second kappa shape index (κ2) is 6.49. The van der Waals surface area contributed by atoms with Crippen molar-refractivity contribution >= 4 is 5.95 Å².